The van der Waals surface area contributed by atoms with Crippen LogP contribution in [0.1, 0.15) is 36.6 Å². The van der Waals surface area contributed by atoms with Crippen LogP contribution in [0.2, 0.25) is 0 Å². The molecule has 1 heterocycles. The normalized spacial score (nSPS) is 11.6. The first-order chi connectivity index (χ1) is 12.5. The SMILES string of the molecule is Cc1cc2ccccc2cc1-c1c2ccc(C(C)C)cc2cc(C)[n+]1C. The second-order valence-electron chi connectivity index (χ2n) is 7.71. The summed E-state index contributed by atoms with van der Waals surface area (Å²) < 4.78 is 2.33. The molecular formula is C25H26N+. The maximum atomic E-state index is 2.35. The Morgan fingerprint density at radius 1 is 0.769 bits per heavy atom. The van der Waals surface area contributed by atoms with Gasteiger partial charge in [-0.25, -0.2) is 0 Å². The van der Waals surface area contributed by atoms with Crippen molar-refractivity contribution in [3.8, 4) is 11.3 Å². The lowest BCUT2D eigenvalue weighted by atomic mass is 9.93. The molecule has 26 heavy (non-hydrogen) atoms. The lowest BCUT2D eigenvalue weighted by Crippen LogP contribution is -2.35. The molecule has 0 aliphatic carbocycles. The van der Waals surface area contributed by atoms with Crippen LogP contribution in [0.5, 0.6) is 0 Å². The third-order valence-corrected chi connectivity index (χ3v) is 5.57. The van der Waals surface area contributed by atoms with Crippen molar-refractivity contribution in [2.75, 3.05) is 0 Å². The first-order valence-electron chi connectivity index (χ1n) is 9.39. The van der Waals surface area contributed by atoms with Crippen molar-refractivity contribution in [1.82, 2.24) is 0 Å². The van der Waals surface area contributed by atoms with Crippen molar-refractivity contribution in [2.45, 2.75) is 33.6 Å². The number of pyridine rings is 1. The fourth-order valence-electron chi connectivity index (χ4n) is 3.89. The number of benzene rings is 3. The second-order valence-corrected chi connectivity index (χ2v) is 7.71. The predicted molar refractivity (Wildman–Crippen MR) is 112 cm³/mol. The van der Waals surface area contributed by atoms with Gasteiger partial charge in [0, 0.05) is 13.0 Å². The van der Waals surface area contributed by atoms with Gasteiger partial charge in [-0.2, -0.15) is 4.57 Å². The van der Waals surface area contributed by atoms with Crippen LogP contribution in [0.25, 0.3) is 32.8 Å². The van der Waals surface area contributed by atoms with Crippen LogP contribution in [0.15, 0.2) is 60.7 Å². The second kappa shape index (κ2) is 6.25. The third-order valence-electron chi connectivity index (χ3n) is 5.57. The lowest BCUT2D eigenvalue weighted by Gasteiger charge is -2.13. The Hall–Kier alpha value is -2.67. The molecule has 0 amide bonds. The van der Waals surface area contributed by atoms with Gasteiger partial charge in [-0.3, -0.25) is 0 Å². The molecule has 4 rings (SSSR count). The van der Waals surface area contributed by atoms with E-state index < -0.39 is 0 Å². The number of nitrogens with zero attached hydrogens (tertiary/aromatic N) is 1. The zero-order chi connectivity index (χ0) is 18.4. The van der Waals surface area contributed by atoms with E-state index in [0.29, 0.717) is 5.92 Å². The molecule has 0 aliphatic heterocycles. The molecular weight excluding hydrogens is 314 g/mol. The first kappa shape index (κ1) is 16.8. The fraction of sp³-hybridized carbons (Fsp3) is 0.240. The highest BCUT2D eigenvalue weighted by molar-refractivity contribution is 5.97. The summed E-state index contributed by atoms with van der Waals surface area (Å²) in [6.45, 7) is 8.93. The molecule has 1 nitrogen and oxygen atoms in total. The van der Waals surface area contributed by atoms with Crippen LogP contribution >= 0.6 is 0 Å². The molecule has 1 aromatic heterocycles. The summed E-state index contributed by atoms with van der Waals surface area (Å²) in [5.74, 6) is 0.541. The van der Waals surface area contributed by atoms with Crippen molar-refractivity contribution in [3.63, 3.8) is 0 Å². The summed E-state index contributed by atoms with van der Waals surface area (Å²) in [4.78, 5) is 0. The van der Waals surface area contributed by atoms with Crippen molar-refractivity contribution >= 4 is 21.5 Å². The molecule has 0 saturated carbocycles. The van der Waals surface area contributed by atoms with E-state index >= 15 is 0 Å². The molecule has 0 atom stereocenters. The minimum Gasteiger partial charge on any atom is -0.198 e. The van der Waals surface area contributed by atoms with Crippen LogP contribution < -0.4 is 4.57 Å². The summed E-state index contributed by atoms with van der Waals surface area (Å²) in [6, 6.07) is 22.5. The van der Waals surface area contributed by atoms with Gasteiger partial charge >= 0.3 is 0 Å². The van der Waals surface area contributed by atoms with Gasteiger partial charge in [0.25, 0.3) is 0 Å². The van der Waals surface area contributed by atoms with E-state index in [1.807, 2.05) is 0 Å². The van der Waals surface area contributed by atoms with Crippen molar-refractivity contribution in [3.05, 3.63) is 77.5 Å². The van der Waals surface area contributed by atoms with Crippen LogP contribution in [0.3, 0.4) is 0 Å². The maximum absolute atomic E-state index is 2.35. The minimum absolute atomic E-state index is 0.541. The number of hydrogen-bond acceptors (Lipinski definition) is 0. The van der Waals surface area contributed by atoms with Gasteiger partial charge in [0.05, 0.1) is 10.9 Å². The largest absolute Gasteiger partial charge is 0.220 e. The Balaban J connectivity index is 2.07. The third kappa shape index (κ3) is 2.68. The van der Waals surface area contributed by atoms with Gasteiger partial charge in [0.2, 0.25) is 5.69 Å². The van der Waals surface area contributed by atoms with Crippen LogP contribution in [0.4, 0.5) is 0 Å². The molecule has 0 fully saturated rings. The molecule has 4 aromatic rings. The summed E-state index contributed by atoms with van der Waals surface area (Å²) in [6.07, 6.45) is 0. The minimum atomic E-state index is 0.541. The van der Waals surface area contributed by atoms with E-state index in [2.05, 4.69) is 100.0 Å². The van der Waals surface area contributed by atoms with Gasteiger partial charge in [0.1, 0.15) is 7.05 Å². The topological polar surface area (TPSA) is 3.88 Å². The summed E-state index contributed by atoms with van der Waals surface area (Å²) >= 11 is 0. The predicted octanol–water partition coefficient (Wildman–Crippen LogP) is 6.22. The van der Waals surface area contributed by atoms with Gasteiger partial charge in [-0.05, 0) is 52.3 Å². The zero-order valence-corrected chi connectivity index (χ0v) is 16.3. The van der Waals surface area contributed by atoms with Gasteiger partial charge < -0.3 is 0 Å². The molecule has 0 N–H and O–H groups in total. The Bertz CT molecular complexity index is 1140. The number of hydrogen-bond donors (Lipinski definition) is 0. The van der Waals surface area contributed by atoms with Crippen molar-refractivity contribution in [1.29, 1.82) is 0 Å². The van der Waals surface area contributed by atoms with E-state index in [4.69, 9.17) is 0 Å². The van der Waals surface area contributed by atoms with E-state index in [1.54, 1.807) is 0 Å². The number of aryl methyl sites for hydroxylation is 2. The smallest absolute Gasteiger partial charge is 0.198 e. The molecule has 130 valence electrons. The number of rotatable bonds is 2. The monoisotopic (exact) mass is 340 g/mol. The molecule has 0 aliphatic rings. The average Bonchev–Trinajstić information content (AvgIpc) is 2.62. The van der Waals surface area contributed by atoms with Crippen LogP contribution in [-0.2, 0) is 7.05 Å². The summed E-state index contributed by atoms with van der Waals surface area (Å²) in [7, 11) is 2.18. The highest BCUT2D eigenvalue weighted by atomic mass is 14.9. The maximum Gasteiger partial charge on any atom is 0.220 e. The Morgan fingerprint density at radius 2 is 1.46 bits per heavy atom. The molecule has 3 aromatic carbocycles. The summed E-state index contributed by atoms with van der Waals surface area (Å²) in [5.41, 5.74) is 6.61. The zero-order valence-electron chi connectivity index (χ0n) is 16.3. The summed E-state index contributed by atoms with van der Waals surface area (Å²) in [5, 5.41) is 5.24. The number of aromatic nitrogens is 1. The fourth-order valence-corrected chi connectivity index (χ4v) is 3.89. The van der Waals surface area contributed by atoms with Crippen LogP contribution in [-0.4, -0.2) is 0 Å². The van der Waals surface area contributed by atoms with Crippen LogP contribution in [0, 0.1) is 13.8 Å². The quantitative estimate of drug-likeness (QED) is 0.381. The highest BCUT2D eigenvalue weighted by Gasteiger charge is 2.20. The molecule has 0 saturated heterocycles. The first-order valence-corrected chi connectivity index (χ1v) is 9.39. The standard InChI is InChI=1S/C25H26N/c1-16(2)19-10-11-23-22(14-19)13-18(4)26(5)25(23)24-15-21-9-7-6-8-20(21)12-17(24)3/h6-16H,1-5H3/q+1. The van der Waals surface area contributed by atoms with Gasteiger partial charge in [-0.15, -0.1) is 0 Å². The van der Waals surface area contributed by atoms with E-state index in [9.17, 15) is 0 Å². The Kier molecular flexibility index (Phi) is 4.03. The van der Waals surface area contributed by atoms with Crippen molar-refractivity contribution in [2.24, 2.45) is 7.05 Å². The molecule has 0 spiro atoms. The molecule has 1 heteroatoms. The van der Waals surface area contributed by atoms with E-state index in [0.717, 1.165) is 0 Å². The average molecular weight is 340 g/mol. The van der Waals surface area contributed by atoms with Gasteiger partial charge in [-0.1, -0.05) is 56.3 Å². The number of fused-ring (bicyclic) bond motifs is 2. The lowest BCUT2D eigenvalue weighted by molar-refractivity contribution is -0.665. The molecule has 0 bridgehead atoms. The Morgan fingerprint density at radius 3 is 2.15 bits per heavy atom. The Labute approximate surface area is 155 Å². The highest BCUT2D eigenvalue weighted by Crippen LogP contribution is 2.33. The van der Waals surface area contributed by atoms with Gasteiger partial charge in [0.15, 0.2) is 5.69 Å². The molecule has 0 unspecified atom stereocenters. The molecule has 0 radical (unpaired) electrons. The van der Waals surface area contributed by atoms with E-state index in [1.165, 1.54) is 49.6 Å². The van der Waals surface area contributed by atoms with E-state index in [-0.39, 0.29) is 0 Å². The van der Waals surface area contributed by atoms with Crippen molar-refractivity contribution < 1.29 is 4.57 Å².